The van der Waals surface area contributed by atoms with Crippen LogP contribution in [0.3, 0.4) is 0 Å². The van der Waals surface area contributed by atoms with Crippen molar-refractivity contribution in [3.63, 3.8) is 0 Å². The van der Waals surface area contributed by atoms with E-state index in [-0.39, 0.29) is 29.9 Å². The number of carbonyl (C=O) groups excluding carboxylic acids is 1. The van der Waals surface area contributed by atoms with Crippen LogP contribution in [0.5, 0.6) is 0 Å². The van der Waals surface area contributed by atoms with E-state index in [0.717, 1.165) is 26.2 Å². The van der Waals surface area contributed by atoms with Gasteiger partial charge in [-0.25, -0.2) is 4.39 Å². The number of carbonyl (C=O) groups is 1. The second-order valence-electron chi connectivity index (χ2n) is 8.42. The monoisotopic (exact) mass is 397 g/mol. The fourth-order valence-electron chi connectivity index (χ4n) is 4.72. The molecule has 0 spiro atoms. The van der Waals surface area contributed by atoms with E-state index in [4.69, 9.17) is 0 Å². The van der Waals surface area contributed by atoms with Crippen LogP contribution >= 0.6 is 0 Å². The number of halogens is 1. The summed E-state index contributed by atoms with van der Waals surface area (Å²) in [6.07, 6.45) is 0. The van der Waals surface area contributed by atoms with Crippen molar-refractivity contribution in [3.8, 4) is 0 Å². The third-order valence-corrected chi connectivity index (χ3v) is 6.18. The lowest BCUT2D eigenvalue weighted by Crippen LogP contribution is -2.71. The highest BCUT2D eigenvalue weighted by Gasteiger charge is 2.45. The SMILES string of the molecule is C[C@@]1(CO)CN(Cc2ccccc2)C[C@@H]2CN(C(=O)c3ccc(F)cc3)CCN21. The van der Waals surface area contributed by atoms with Crippen molar-refractivity contribution in [2.75, 3.05) is 39.3 Å². The third kappa shape index (κ3) is 4.20. The molecule has 2 aliphatic rings. The molecule has 2 aliphatic heterocycles. The Morgan fingerprint density at radius 2 is 1.83 bits per heavy atom. The van der Waals surface area contributed by atoms with Crippen molar-refractivity contribution in [3.05, 3.63) is 71.5 Å². The normalized spacial score (nSPS) is 25.6. The molecule has 154 valence electrons. The summed E-state index contributed by atoms with van der Waals surface area (Å²) in [6, 6.07) is 16.2. The number of rotatable bonds is 4. The molecule has 2 aromatic carbocycles. The molecule has 0 aliphatic carbocycles. The fourth-order valence-corrected chi connectivity index (χ4v) is 4.72. The highest BCUT2D eigenvalue weighted by atomic mass is 19.1. The second-order valence-corrected chi connectivity index (χ2v) is 8.42. The minimum Gasteiger partial charge on any atom is -0.394 e. The molecular weight excluding hydrogens is 369 g/mol. The van der Waals surface area contributed by atoms with Crippen molar-refractivity contribution < 1.29 is 14.3 Å². The van der Waals surface area contributed by atoms with E-state index in [0.29, 0.717) is 18.7 Å². The maximum atomic E-state index is 13.2. The second kappa shape index (κ2) is 8.22. The van der Waals surface area contributed by atoms with Gasteiger partial charge in [-0.05, 0) is 36.8 Å². The minimum absolute atomic E-state index is 0.0597. The smallest absolute Gasteiger partial charge is 0.253 e. The summed E-state index contributed by atoms with van der Waals surface area (Å²) >= 11 is 0. The van der Waals surface area contributed by atoms with Crippen LogP contribution in [0.1, 0.15) is 22.8 Å². The summed E-state index contributed by atoms with van der Waals surface area (Å²) < 4.78 is 13.2. The molecule has 5 nitrogen and oxygen atoms in total. The van der Waals surface area contributed by atoms with Crippen molar-refractivity contribution in [1.82, 2.24) is 14.7 Å². The minimum atomic E-state index is -0.339. The van der Waals surface area contributed by atoms with Crippen LogP contribution < -0.4 is 0 Å². The van der Waals surface area contributed by atoms with Crippen LogP contribution in [0.25, 0.3) is 0 Å². The number of nitrogens with zero attached hydrogens (tertiary/aromatic N) is 3. The van der Waals surface area contributed by atoms with Gasteiger partial charge in [0.2, 0.25) is 0 Å². The van der Waals surface area contributed by atoms with Gasteiger partial charge in [0.25, 0.3) is 5.91 Å². The predicted molar refractivity (Wildman–Crippen MR) is 110 cm³/mol. The summed E-state index contributed by atoms with van der Waals surface area (Å²) in [5, 5.41) is 10.2. The lowest BCUT2D eigenvalue weighted by atomic mass is 9.91. The largest absolute Gasteiger partial charge is 0.394 e. The van der Waals surface area contributed by atoms with Crippen LogP contribution in [0.4, 0.5) is 4.39 Å². The van der Waals surface area contributed by atoms with Crippen molar-refractivity contribution in [1.29, 1.82) is 0 Å². The van der Waals surface area contributed by atoms with Crippen LogP contribution in [-0.4, -0.2) is 76.6 Å². The van der Waals surface area contributed by atoms with Crippen molar-refractivity contribution >= 4 is 5.91 Å². The van der Waals surface area contributed by atoms with Gasteiger partial charge in [0.15, 0.2) is 0 Å². The van der Waals surface area contributed by atoms with E-state index in [2.05, 4.69) is 28.9 Å². The van der Waals surface area contributed by atoms with Gasteiger partial charge in [-0.1, -0.05) is 30.3 Å². The molecule has 29 heavy (non-hydrogen) atoms. The molecule has 0 bridgehead atoms. The Bertz CT molecular complexity index is 845. The third-order valence-electron chi connectivity index (χ3n) is 6.18. The fraction of sp³-hybridized carbons (Fsp3) is 0.435. The van der Waals surface area contributed by atoms with E-state index in [1.807, 2.05) is 23.1 Å². The standard InChI is InChI=1S/C23H28FN3O2/c1-23(17-28)16-25(13-18-5-3-2-4-6-18)14-21-15-26(11-12-27(21)23)22(29)19-7-9-20(24)10-8-19/h2-10,21,28H,11-17H2,1H3/t21-,23+/m1/s1. The Labute approximate surface area is 171 Å². The van der Waals surface area contributed by atoms with Gasteiger partial charge in [0, 0.05) is 50.9 Å². The van der Waals surface area contributed by atoms with E-state index < -0.39 is 0 Å². The Balaban J connectivity index is 1.50. The molecule has 1 N–H and O–H groups in total. The predicted octanol–water partition coefficient (Wildman–Crippen LogP) is 2.22. The lowest BCUT2D eigenvalue weighted by Gasteiger charge is -2.56. The average Bonchev–Trinajstić information content (AvgIpc) is 2.74. The number of hydrogen-bond acceptors (Lipinski definition) is 4. The van der Waals surface area contributed by atoms with Crippen LogP contribution in [0.2, 0.25) is 0 Å². The summed E-state index contributed by atoms with van der Waals surface area (Å²) in [4.78, 5) is 19.5. The first-order valence-corrected chi connectivity index (χ1v) is 10.2. The molecule has 2 heterocycles. The van der Waals surface area contributed by atoms with Gasteiger partial charge in [-0.3, -0.25) is 14.6 Å². The molecule has 2 fully saturated rings. The average molecular weight is 397 g/mol. The molecule has 0 unspecified atom stereocenters. The molecule has 0 saturated carbocycles. The molecule has 0 radical (unpaired) electrons. The Morgan fingerprint density at radius 1 is 1.10 bits per heavy atom. The number of aliphatic hydroxyl groups is 1. The number of amides is 1. The number of fused-ring (bicyclic) bond motifs is 1. The maximum absolute atomic E-state index is 13.2. The van der Waals surface area contributed by atoms with E-state index in [1.54, 1.807) is 12.1 Å². The van der Waals surface area contributed by atoms with Gasteiger partial charge in [-0.15, -0.1) is 0 Å². The highest BCUT2D eigenvalue weighted by molar-refractivity contribution is 5.94. The van der Waals surface area contributed by atoms with Gasteiger partial charge in [0.05, 0.1) is 12.1 Å². The molecule has 2 aromatic rings. The molecule has 0 aromatic heterocycles. The quantitative estimate of drug-likeness (QED) is 0.860. The molecular formula is C23H28FN3O2. The number of hydrogen-bond donors (Lipinski definition) is 1. The summed E-state index contributed by atoms with van der Waals surface area (Å²) in [5.41, 5.74) is 1.43. The molecule has 6 heteroatoms. The van der Waals surface area contributed by atoms with E-state index in [1.165, 1.54) is 17.7 Å². The number of piperazine rings is 2. The Morgan fingerprint density at radius 3 is 2.52 bits per heavy atom. The van der Waals surface area contributed by atoms with Gasteiger partial charge in [0.1, 0.15) is 5.82 Å². The van der Waals surface area contributed by atoms with E-state index in [9.17, 15) is 14.3 Å². The summed E-state index contributed by atoms with van der Waals surface area (Å²) in [5.74, 6) is -0.399. The zero-order chi connectivity index (χ0) is 20.4. The highest BCUT2D eigenvalue weighted by Crippen LogP contribution is 2.29. The first-order valence-electron chi connectivity index (χ1n) is 10.2. The molecule has 2 atom stereocenters. The molecule has 4 rings (SSSR count). The van der Waals surface area contributed by atoms with Crippen molar-refractivity contribution in [2.45, 2.75) is 25.0 Å². The molecule has 1 amide bonds. The zero-order valence-corrected chi connectivity index (χ0v) is 16.8. The Kier molecular flexibility index (Phi) is 5.67. The van der Waals surface area contributed by atoms with Gasteiger partial charge >= 0.3 is 0 Å². The van der Waals surface area contributed by atoms with Crippen LogP contribution in [0, 0.1) is 5.82 Å². The maximum Gasteiger partial charge on any atom is 0.253 e. The topological polar surface area (TPSA) is 47.0 Å². The van der Waals surface area contributed by atoms with Gasteiger partial charge < -0.3 is 10.0 Å². The first kappa shape index (κ1) is 20.0. The van der Waals surface area contributed by atoms with Crippen LogP contribution in [0.15, 0.2) is 54.6 Å². The van der Waals surface area contributed by atoms with Crippen molar-refractivity contribution in [2.24, 2.45) is 0 Å². The number of benzene rings is 2. The molecule has 2 saturated heterocycles. The van der Waals surface area contributed by atoms with Gasteiger partial charge in [-0.2, -0.15) is 0 Å². The van der Waals surface area contributed by atoms with Crippen LogP contribution in [-0.2, 0) is 6.54 Å². The number of aliphatic hydroxyl groups excluding tert-OH is 1. The first-order chi connectivity index (χ1) is 14.0. The lowest BCUT2D eigenvalue weighted by molar-refractivity contribution is -0.0889. The zero-order valence-electron chi connectivity index (χ0n) is 16.8. The Hall–Kier alpha value is -2.28. The van der Waals surface area contributed by atoms with E-state index >= 15 is 0 Å². The summed E-state index contributed by atoms with van der Waals surface area (Å²) in [7, 11) is 0. The summed E-state index contributed by atoms with van der Waals surface area (Å²) in [6.45, 7) is 6.60.